The summed E-state index contributed by atoms with van der Waals surface area (Å²) in [4.78, 5) is 14.3. The van der Waals surface area contributed by atoms with Gasteiger partial charge in [0.15, 0.2) is 0 Å². The highest BCUT2D eigenvalue weighted by Crippen LogP contribution is 2.31. The average Bonchev–Trinajstić information content (AvgIpc) is 2.38. The van der Waals surface area contributed by atoms with Crippen LogP contribution >= 0.6 is 0 Å². The highest BCUT2D eigenvalue weighted by molar-refractivity contribution is 5.95. The minimum Gasteiger partial charge on any atom is -0.327 e. The Hall–Kier alpha value is -1.35. The van der Waals surface area contributed by atoms with E-state index in [0.29, 0.717) is 6.42 Å². The normalized spacial score (nSPS) is 16.3. The lowest BCUT2D eigenvalue weighted by molar-refractivity contribution is -0.119. The van der Waals surface area contributed by atoms with E-state index in [-0.39, 0.29) is 11.9 Å². The van der Waals surface area contributed by atoms with Crippen molar-refractivity contribution in [1.29, 1.82) is 0 Å². The number of rotatable bonds is 3. The van der Waals surface area contributed by atoms with Crippen molar-refractivity contribution in [2.24, 2.45) is 5.73 Å². The summed E-state index contributed by atoms with van der Waals surface area (Å²) < 4.78 is 0. The van der Waals surface area contributed by atoms with Crippen molar-refractivity contribution in [3.8, 4) is 0 Å². The summed E-state index contributed by atoms with van der Waals surface area (Å²) in [7, 11) is 0. The monoisotopic (exact) mass is 246 g/mol. The number of carbonyl (C=O) groups is 1. The zero-order chi connectivity index (χ0) is 13.1. The van der Waals surface area contributed by atoms with Crippen LogP contribution in [0.5, 0.6) is 0 Å². The van der Waals surface area contributed by atoms with E-state index in [0.717, 1.165) is 31.5 Å². The third-order valence-corrected chi connectivity index (χ3v) is 3.68. The first-order chi connectivity index (χ1) is 8.63. The first-order valence-electron chi connectivity index (χ1n) is 6.78. The number of fused-ring (bicyclic) bond motifs is 1. The fourth-order valence-electron chi connectivity index (χ4n) is 2.58. The molecule has 1 unspecified atom stereocenters. The first-order valence-corrected chi connectivity index (χ1v) is 6.78. The lowest BCUT2D eigenvalue weighted by Gasteiger charge is -2.31. The lowest BCUT2D eigenvalue weighted by Crippen LogP contribution is -2.39. The van der Waals surface area contributed by atoms with Crippen LogP contribution in [0.4, 0.5) is 5.69 Å². The lowest BCUT2D eigenvalue weighted by atomic mass is 9.97. The van der Waals surface area contributed by atoms with Crippen molar-refractivity contribution in [2.75, 3.05) is 11.4 Å². The third-order valence-electron chi connectivity index (χ3n) is 3.68. The number of hydrogen-bond donors (Lipinski definition) is 1. The van der Waals surface area contributed by atoms with Gasteiger partial charge in [-0.1, -0.05) is 25.1 Å². The molecule has 2 N–H and O–H groups in total. The standard InChI is InChI=1S/C15H22N2O/c1-3-13(16)10-14(18)17-9-5-8-12-7-4-6-11(2)15(12)17/h4,6-7,13H,3,5,8-10,16H2,1-2H3. The Morgan fingerprint density at radius 3 is 3.00 bits per heavy atom. The summed E-state index contributed by atoms with van der Waals surface area (Å²) in [5.74, 6) is 0.166. The molecule has 0 saturated heterocycles. The van der Waals surface area contributed by atoms with Gasteiger partial charge in [0.1, 0.15) is 0 Å². The van der Waals surface area contributed by atoms with Gasteiger partial charge >= 0.3 is 0 Å². The van der Waals surface area contributed by atoms with Crippen LogP contribution in [0, 0.1) is 6.92 Å². The predicted molar refractivity (Wildman–Crippen MR) is 74.7 cm³/mol. The maximum Gasteiger partial charge on any atom is 0.228 e. The van der Waals surface area contributed by atoms with E-state index in [4.69, 9.17) is 5.73 Å². The molecule has 0 fully saturated rings. The van der Waals surface area contributed by atoms with E-state index >= 15 is 0 Å². The van der Waals surface area contributed by atoms with Crippen molar-refractivity contribution in [1.82, 2.24) is 0 Å². The van der Waals surface area contributed by atoms with Gasteiger partial charge in [-0.05, 0) is 37.3 Å². The van der Waals surface area contributed by atoms with Gasteiger partial charge in [0.25, 0.3) is 0 Å². The summed E-state index contributed by atoms with van der Waals surface area (Å²) in [6, 6.07) is 6.25. The van der Waals surface area contributed by atoms with Gasteiger partial charge in [0.05, 0.1) is 0 Å². The molecule has 1 aromatic carbocycles. The van der Waals surface area contributed by atoms with Gasteiger partial charge in [-0.15, -0.1) is 0 Å². The molecule has 1 heterocycles. The summed E-state index contributed by atoms with van der Waals surface area (Å²) in [5, 5.41) is 0. The van der Waals surface area contributed by atoms with Crippen molar-refractivity contribution in [2.45, 2.75) is 45.6 Å². The van der Waals surface area contributed by atoms with Gasteiger partial charge < -0.3 is 10.6 Å². The van der Waals surface area contributed by atoms with Crippen LogP contribution in [0.2, 0.25) is 0 Å². The molecular weight excluding hydrogens is 224 g/mol. The van der Waals surface area contributed by atoms with E-state index in [2.05, 4.69) is 25.1 Å². The van der Waals surface area contributed by atoms with Gasteiger partial charge in [-0.3, -0.25) is 4.79 Å². The fraction of sp³-hybridized carbons (Fsp3) is 0.533. The fourth-order valence-corrected chi connectivity index (χ4v) is 2.58. The van der Waals surface area contributed by atoms with E-state index in [9.17, 15) is 4.79 Å². The number of nitrogens with zero attached hydrogens (tertiary/aromatic N) is 1. The molecule has 1 amide bonds. The average molecular weight is 246 g/mol. The number of hydrogen-bond acceptors (Lipinski definition) is 2. The number of aryl methyl sites for hydroxylation is 2. The minimum atomic E-state index is -0.0214. The number of amides is 1. The van der Waals surface area contributed by atoms with Crippen molar-refractivity contribution in [3.05, 3.63) is 29.3 Å². The van der Waals surface area contributed by atoms with E-state index in [1.165, 1.54) is 11.1 Å². The number of anilines is 1. The molecule has 2 rings (SSSR count). The van der Waals surface area contributed by atoms with Crippen LogP contribution in [0.1, 0.15) is 37.3 Å². The maximum absolute atomic E-state index is 12.3. The molecule has 0 saturated carbocycles. The Bertz CT molecular complexity index is 442. The molecule has 0 aromatic heterocycles. The van der Waals surface area contributed by atoms with Crippen molar-refractivity contribution < 1.29 is 4.79 Å². The second-order valence-corrected chi connectivity index (χ2v) is 5.10. The second-order valence-electron chi connectivity index (χ2n) is 5.10. The van der Waals surface area contributed by atoms with Crippen LogP contribution in [0.15, 0.2) is 18.2 Å². The largest absolute Gasteiger partial charge is 0.327 e. The second kappa shape index (κ2) is 5.53. The molecule has 0 spiro atoms. The van der Waals surface area contributed by atoms with Gasteiger partial charge in [-0.2, -0.15) is 0 Å². The molecule has 0 bridgehead atoms. The van der Waals surface area contributed by atoms with E-state index < -0.39 is 0 Å². The molecule has 3 nitrogen and oxygen atoms in total. The van der Waals surface area contributed by atoms with Crippen LogP contribution in [0.3, 0.4) is 0 Å². The predicted octanol–water partition coefficient (Wildman–Crippen LogP) is 2.40. The van der Waals surface area contributed by atoms with Crippen LogP contribution < -0.4 is 10.6 Å². The maximum atomic E-state index is 12.3. The number of nitrogens with two attached hydrogens (primary N) is 1. The zero-order valence-electron chi connectivity index (χ0n) is 11.3. The van der Waals surface area contributed by atoms with Crippen LogP contribution in [0.25, 0.3) is 0 Å². The number of para-hydroxylation sites is 1. The molecule has 0 radical (unpaired) electrons. The highest BCUT2D eigenvalue weighted by atomic mass is 16.2. The Kier molecular flexibility index (Phi) is 4.02. The van der Waals surface area contributed by atoms with Crippen molar-refractivity contribution in [3.63, 3.8) is 0 Å². The molecule has 0 aliphatic carbocycles. The van der Waals surface area contributed by atoms with E-state index in [1.54, 1.807) is 0 Å². The molecule has 18 heavy (non-hydrogen) atoms. The summed E-state index contributed by atoms with van der Waals surface area (Å²) >= 11 is 0. The van der Waals surface area contributed by atoms with Crippen LogP contribution in [-0.2, 0) is 11.2 Å². The highest BCUT2D eigenvalue weighted by Gasteiger charge is 2.24. The topological polar surface area (TPSA) is 46.3 Å². The molecule has 1 aromatic rings. The smallest absolute Gasteiger partial charge is 0.228 e. The van der Waals surface area contributed by atoms with Gasteiger partial charge in [-0.25, -0.2) is 0 Å². The zero-order valence-corrected chi connectivity index (χ0v) is 11.3. The Morgan fingerprint density at radius 2 is 2.28 bits per heavy atom. The number of carbonyl (C=O) groups excluding carboxylic acids is 1. The Labute approximate surface area is 109 Å². The molecule has 1 aliphatic heterocycles. The Balaban J connectivity index is 2.24. The number of benzene rings is 1. The summed E-state index contributed by atoms with van der Waals surface area (Å²) in [6.07, 6.45) is 3.41. The molecule has 1 atom stereocenters. The first kappa shape index (κ1) is 13.1. The molecule has 3 heteroatoms. The molecular formula is C15H22N2O. The van der Waals surface area contributed by atoms with Crippen LogP contribution in [-0.4, -0.2) is 18.5 Å². The third kappa shape index (κ3) is 2.56. The molecule has 98 valence electrons. The Morgan fingerprint density at radius 1 is 1.50 bits per heavy atom. The summed E-state index contributed by atoms with van der Waals surface area (Å²) in [6.45, 7) is 4.92. The van der Waals surface area contributed by atoms with Gasteiger partial charge in [0.2, 0.25) is 5.91 Å². The van der Waals surface area contributed by atoms with E-state index in [1.807, 2.05) is 11.8 Å². The van der Waals surface area contributed by atoms with Crippen molar-refractivity contribution >= 4 is 11.6 Å². The SMILES string of the molecule is CCC(N)CC(=O)N1CCCc2cccc(C)c21. The molecule has 1 aliphatic rings. The minimum absolute atomic E-state index is 0.0214. The quantitative estimate of drug-likeness (QED) is 0.890. The summed E-state index contributed by atoms with van der Waals surface area (Å²) in [5.41, 5.74) is 9.49. The van der Waals surface area contributed by atoms with Gasteiger partial charge in [0, 0.05) is 24.7 Å².